The molecule has 12 aliphatic heterocycles. The summed E-state index contributed by atoms with van der Waals surface area (Å²) in [6.45, 7) is 32.5. The van der Waals surface area contributed by atoms with Gasteiger partial charge in [0, 0.05) is 104 Å². The summed E-state index contributed by atoms with van der Waals surface area (Å²) in [6.07, 6.45) is 12.1. The third-order valence-electron chi connectivity index (χ3n) is 29.3. The first-order valence-corrected chi connectivity index (χ1v) is 45.8. The van der Waals surface area contributed by atoms with Gasteiger partial charge in [-0.25, -0.2) is 0 Å². The number of ether oxygens (including phenoxy) is 20. The molecule has 0 amide bonds. The van der Waals surface area contributed by atoms with Gasteiger partial charge in [-0.2, -0.15) is 0 Å². The van der Waals surface area contributed by atoms with Gasteiger partial charge in [-0.15, -0.1) is 0 Å². The lowest BCUT2D eigenvalue weighted by atomic mass is 9.71. The minimum Gasteiger partial charge on any atom is -0.462 e. The van der Waals surface area contributed by atoms with Crippen LogP contribution in [0.25, 0.3) is 0 Å². The van der Waals surface area contributed by atoms with E-state index in [0.29, 0.717) is 117 Å². The van der Waals surface area contributed by atoms with E-state index >= 15 is 0 Å². The highest BCUT2D eigenvalue weighted by Gasteiger charge is 2.63. The zero-order valence-electron chi connectivity index (χ0n) is 76.2. The molecule has 694 valence electrons. The normalized spacial score (nSPS) is 49.1. The van der Waals surface area contributed by atoms with Crippen LogP contribution in [0.4, 0.5) is 0 Å². The third kappa shape index (κ3) is 20.8. The van der Waals surface area contributed by atoms with Crippen LogP contribution in [0.1, 0.15) is 207 Å². The van der Waals surface area contributed by atoms with E-state index in [4.69, 9.17) is 94.7 Å². The van der Waals surface area contributed by atoms with E-state index in [0.717, 1.165) is 30.4 Å². The average molecular weight is 1740 g/mol. The maximum absolute atomic E-state index is 14.4. The molecule has 6 N–H and O–H groups in total. The first kappa shape index (κ1) is 96.5. The topological polar surface area (TPSA) is 340 Å². The van der Waals surface area contributed by atoms with Gasteiger partial charge in [-0.1, -0.05) is 123 Å². The van der Waals surface area contributed by atoms with Crippen molar-refractivity contribution in [1.82, 2.24) is 0 Å². The van der Waals surface area contributed by atoms with E-state index in [1.165, 1.54) is 0 Å². The van der Waals surface area contributed by atoms with Gasteiger partial charge in [0.1, 0.15) is 84.1 Å². The monoisotopic (exact) mass is 1740 g/mol. The number of esters is 2. The van der Waals surface area contributed by atoms with Gasteiger partial charge < -0.3 is 125 Å². The Bertz CT molecular complexity index is 3810. The van der Waals surface area contributed by atoms with Crippen molar-refractivity contribution in [3.05, 3.63) is 94.2 Å². The quantitative estimate of drug-likeness (QED) is 0.0655. The molecule has 0 saturated carbocycles. The molecule has 2 aliphatic carbocycles. The van der Waals surface area contributed by atoms with Crippen LogP contribution in [0.5, 0.6) is 0 Å². The van der Waals surface area contributed by atoms with Crippen molar-refractivity contribution in [2.75, 3.05) is 41.7 Å². The van der Waals surface area contributed by atoms with Crippen LogP contribution in [-0.4, -0.2) is 279 Å². The minimum atomic E-state index is -1.82. The number of carbonyl (C=O) groups is 2. The fraction of sp³-hybridized carbons (Fsp3) is 0.811. The number of aliphatic hydroxyl groups is 6. The molecule has 39 atom stereocenters. The molecule has 4 bridgehead atoms. The van der Waals surface area contributed by atoms with Crippen molar-refractivity contribution in [2.45, 2.75) is 402 Å². The Hall–Kier alpha value is -4.10. The molecule has 1 unspecified atom stereocenters. The van der Waals surface area contributed by atoms with Crippen LogP contribution in [0, 0.1) is 47.3 Å². The molecule has 0 aromatic heterocycles. The Morgan fingerprint density at radius 3 is 1.24 bits per heavy atom. The summed E-state index contributed by atoms with van der Waals surface area (Å²) in [5.74, 6) is -4.25. The summed E-state index contributed by atoms with van der Waals surface area (Å²) < 4.78 is 128. The predicted molar refractivity (Wildman–Crippen MR) is 450 cm³/mol. The molecule has 0 aromatic rings. The van der Waals surface area contributed by atoms with Crippen LogP contribution in [0.3, 0.4) is 0 Å². The summed E-state index contributed by atoms with van der Waals surface area (Å²) in [5.41, 5.74) is 0.372. The second-order valence-electron chi connectivity index (χ2n) is 38.6. The van der Waals surface area contributed by atoms with Crippen LogP contribution in [-0.2, 0) is 104 Å². The standard InChI is InChI=1S/C48H74O14.C47H72O14/c1-11-25(2)43-28(5)17-18-47(62-43)23-34-20-33(61-47)16-15-27(4)42(26(3)13-12-14-32-24-55-45-40(49)29(6)19-35(46(51)58-34)48(32,45)52)59-39-22-37(54-10)44(31(8)57-39)60-38-21-36(53-9)41(50)30(7)56-38;1-24(2)41-27(5)16-17-46(61-41)22-33-19-32(60-46)15-14-26(4)42(25(3)12-11-13-31-23-54-44-39(48)28(6)18-34(45(50)57-33)47(31,44)51)58-38-21-36(53-10)43(30(8)56-38)59-37-20-35(52-9)40(49)29(7)55-37/h12-15,19,25-26,28,30-31,33-45,49-50,52H,11,16-18,20-24H2,1-10H3;11-14,18,24-25,27,29-30,32-44,48-49,51H,15-17,19-23H2,1-10H3/b13-12+,27-15+,32-14?;12-11+,26-14+,31-13+/t25?,26-,28-,30-,31-,33+,34-,35-,36-,37-,38-,39-,40+,41-,42-,43+,44-,45+,47+,48+;25-,27-,29-,30-,32+,33-,34-,35-,36-,37-,38-,39+,40-,41+,42-,43-,44+,46+,47+/m00/s1. The maximum Gasteiger partial charge on any atom is 0.316 e. The Labute approximate surface area is 728 Å². The van der Waals surface area contributed by atoms with E-state index < -0.39 is 182 Å². The summed E-state index contributed by atoms with van der Waals surface area (Å²) in [6, 6.07) is 0. The molecule has 28 heteroatoms. The van der Waals surface area contributed by atoms with Gasteiger partial charge in [0.05, 0.1) is 98.7 Å². The Kier molecular flexibility index (Phi) is 31.9. The average Bonchev–Trinajstić information content (AvgIpc) is 1.61. The molecule has 0 radical (unpaired) electrons. The molecule has 10 saturated heterocycles. The largest absolute Gasteiger partial charge is 0.462 e. The fourth-order valence-electron chi connectivity index (χ4n) is 21.8. The Morgan fingerprint density at radius 1 is 0.472 bits per heavy atom. The van der Waals surface area contributed by atoms with Crippen molar-refractivity contribution in [3.8, 4) is 0 Å². The molecule has 2 spiro atoms. The van der Waals surface area contributed by atoms with Crippen LogP contribution < -0.4 is 0 Å². The SMILES string of the molecule is CCC(C)[C@H]1O[C@]2(CC[C@@H]1C)C[C@@H]1C[C@@H](C/C=C(\C)[C@@H](O[C@H]3C[C@H](OC)[C@@H](O[C@H]4C[C@H](OC)[C@@H](O)[C@H](C)O4)[C@H](C)O3)[C@@H](C)/C=C/C=C3CO[C@@H]4[C@H](O)C(C)=C[C@@H](C(=O)O1)[C@]34O)O2.CO[C@H]1C[C@H](O[C@H]2[C@H](C)O[C@@H](O[C@@H]3/C(C)=C/C[C@@H]4C[C@@H](C[C@]5(CC[C@H](C)[C@@H](C(C)C)O5)O4)OC(=O)[C@@H]4C=C(C)[C@@H](O)[C@H]5OC/C(=C\C=C\[C@@H]3C)[C@]54O)C[C@@H]2OC)O[C@@H](C)[C@@H]1O. The summed E-state index contributed by atoms with van der Waals surface area (Å²) in [7, 11) is 6.45. The predicted octanol–water partition coefficient (Wildman–Crippen LogP) is 10.8. The van der Waals surface area contributed by atoms with Crippen LogP contribution in [0.15, 0.2) is 94.2 Å². The second-order valence-corrected chi connectivity index (χ2v) is 38.6. The molecule has 14 aliphatic rings. The zero-order chi connectivity index (χ0) is 88.6. The molecular formula is C95H146O28. The van der Waals surface area contributed by atoms with Crippen molar-refractivity contribution >= 4 is 11.9 Å². The lowest BCUT2D eigenvalue weighted by Gasteiger charge is -2.51. The number of allylic oxidation sites excluding steroid dienone is 4. The van der Waals surface area contributed by atoms with Gasteiger partial charge in [-0.3, -0.25) is 9.59 Å². The Balaban J connectivity index is 0.000000212. The third-order valence-corrected chi connectivity index (χ3v) is 29.3. The Morgan fingerprint density at radius 2 is 0.846 bits per heavy atom. The van der Waals surface area contributed by atoms with Crippen molar-refractivity contribution in [1.29, 1.82) is 0 Å². The van der Waals surface area contributed by atoms with Gasteiger partial charge in [-0.05, 0) is 138 Å². The lowest BCUT2D eigenvalue weighted by molar-refractivity contribution is -0.341. The molecule has 123 heavy (non-hydrogen) atoms. The summed E-state index contributed by atoms with van der Waals surface area (Å²) in [4.78, 5) is 28.7. The van der Waals surface area contributed by atoms with Crippen molar-refractivity contribution < 1.29 is 135 Å². The highest BCUT2D eigenvalue weighted by Crippen LogP contribution is 2.52. The number of methoxy groups -OCH3 is 4. The van der Waals surface area contributed by atoms with E-state index in [-0.39, 0.29) is 67.6 Å². The summed E-state index contributed by atoms with van der Waals surface area (Å²) >= 11 is 0. The van der Waals surface area contributed by atoms with Crippen LogP contribution in [0.2, 0.25) is 0 Å². The first-order chi connectivity index (χ1) is 58.5. The van der Waals surface area contributed by atoms with Crippen molar-refractivity contribution in [3.63, 3.8) is 0 Å². The number of carbonyl (C=O) groups excluding carboxylic acids is 2. The highest BCUT2D eigenvalue weighted by molar-refractivity contribution is 5.79. The van der Waals surface area contributed by atoms with Gasteiger partial charge in [0.15, 0.2) is 36.7 Å². The second kappa shape index (κ2) is 40.7. The van der Waals surface area contributed by atoms with Gasteiger partial charge >= 0.3 is 11.9 Å². The molecule has 28 nitrogen and oxygen atoms in total. The number of hydrogen-bond acceptors (Lipinski definition) is 28. The van der Waals surface area contributed by atoms with Crippen molar-refractivity contribution in [2.24, 2.45) is 47.3 Å². The zero-order valence-corrected chi connectivity index (χ0v) is 76.2. The van der Waals surface area contributed by atoms with E-state index in [1.54, 1.807) is 80.4 Å². The molecule has 0 aromatic carbocycles. The maximum atomic E-state index is 14.4. The molecular weight excluding hydrogens is 1590 g/mol. The molecule has 10 fully saturated rings. The van der Waals surface area contributed by atoms with Gasteiger partial charge in [0.25, 0.3) is 0 Å². The highest BCUT2D eigenvalue weighted by atomic mass is 16.8. The first-order valence-electron chi connectivity index (χ1n) is 45.8. The fourth-order valence-corrected chi connectivity index (χ4v) is 21.8. The number of fused-ring (bicyclic) bond motifs is 4. The van der Waals surface area contributed by atoms with E-state index in [9.17, 15) is 40.2 Å². The smallest absolute Gasteiger partial charge is 0.316 e. The molecule has 12 heterocycles. The number of aliphatic hydroxyl groups excluding tert-OH is 4. The number of hydrogen-bond donors (Lipinski definition) is 6. The van der Waals surface area contributed by atoms with Crippen LogP contribution >= 0.6 is 0 Å². The van der Waals surface area contributed by atoms with E-state index in [1.807, 2.05) is 38.2 Å². The van der Waals surface area contributed by atoms with Gasteiger partial charge in [0.2, 0.25) is 0 Å². The lowest BCUT2D eigenvalue weighted by Crippen LogP contribution is -2.58. The van der Waals surface area contributed by atoms with E-state index in [2.05, 4.69) is 81.4 Å². The number of rotatable bonds is 15. The summed E-state index contributed by atoms with van der Waals surface area (Å²) in [5, 5.41) is 68.4. The minimum absolute atomic E-state index is 0.00708. The molecule has 14 rings (SSSR count).